The van der Waals surface area contributed by atoms with Crippen LogP contribution in [-0.2, 0) is 13.0 Å². The number of para-hydroxylation sites is 1. The van der Waals surface area contributed by atoms with E-state index in [-0.39, 0.29) is 17.4 Å². The molecule has 0 unspecified atom stereocenters. The molecule has 0 radical (unpaired) electrons. The molecule has 0 saturated heterocycles. The van der Waals surface area contributed by atoms with Gasteiger partial charge in [-0.15, -0.1) is 0 Å². The number of hydrogen-bond donors (Lipinski definition) is 0. The fourth-order valence-electron chi connectivity index (χ4n) is 5.75. The lowest BCUT2D eigenvalue weighted by Gasteiger charge is -2.41. The maximum atomic E-state index is 12.6. The van der Waals surface area contributed by atoms with Crippen molar-refractivity contribution in [1.29, 1.82) is 0 Å². The van der Waals surface area contributed by atoms with E-state index in [0.29, 0.717) is 12.8 Å². The normalized spacial score (nSPS) is 21.3. The van der Waals surface area contributed by atoms with E-state index in [2.05, 4.69) is 53.1 Å². The first-order valence-electron chi connectivity index (χ1n) is 11.1. The summed E-state index contributed by atoms with van der Waals surface area (Å²) in [4.78, 5) is 12.5. The second-order valence-corrected chi connectivity index (χ2v) is 9.07. The minimum atomic E-state index is -1.14. The van der Waals surface area contributed by atoms with E-state index >= 15 is 0 Å². The highest BCUT2D eigenvalue weighted by molar-refractivity contribution is 5.88. The summed E-state index contributed by atoms with van der Waals surface area (Å²) in [5, 5.41) is 13.7. The summed E-state index contributed by atoms with van der Waals surface area (Å²) in [5.41, 5.74) is 5.58. The van der Waals surface area contributed by atoms with Crippen molar-refractivity contribution in [3.8, 4) is 5.75 Å². The summed E-state index contributed by atoms with van der Waals surface area (Å²) in [6.07, 6.45) is 1.13. The molecule has 0 fully saturated rings. The molecule has 1 aliphatic carbocycles. The van der Waals surface area contributed by atoms with Gasteiger partial charge in [-0.1, -0.05) is 66.2 Å². The Kier molecular flexibility index (Phi) is 4.15. The Bertz CT molecular complexity index is 1360. The van der Waals surface area contributed by atoms with Gasteiger partial charge in [-0.2, -0.15) is 0 Å². The topological polar surface area (TPSA) is 57.3 Å². The SMILES string of the molecule is Cc1ccc2c(c1)[C@H]1c3c(n(Cc4ccccc4)c4ccccc34)CC[C@@]1([N+](=O)[O-])CO2. The van der Waals surface area contributed by atoms with Crippen molar-refractivity contribution in [3.63, 3.8) is 0 Å². The third-order valence-corrected chi connectivity index (χ3v) is 7.24. The van der Waals surface area contributed by atoms with Crippen LogP contribution in [0.4, 0.5) is 0 Å². The van der Waals surface area contributed by atoms with E-state index in [1.807, 2.05) is 31.2 Å². The first-order valence-corrected chi connectivity index (χ1v) is 11.1. The van der Waals surface area contributed by atoms with Crippen molar-refractivity contribution in [1.82, 2.24) is 4.57 Å². The van der Waals surface area contributed by atoms with Gasteiger partial charge in [0, 0.05) is 40.0 Å². The van der Waals surface area contributed by atoms with Crippen LogP contribution in [0.3, 0.4) is 0 Å². The van der Waals surface area contributed by atoms with Crippen LogP contribution < -0.4 is 4.74 Å². The zero-order chi connectivity index (χ0) is 21.9. The molecule has 2 atom stereocenters. The van der Waals surface area contributed by atoms with Crippen LogP contribution in [0.2, 0.25) is 0 Å². The van der Waals surface area contributed by atoms with Gasteiger partial charge in [-0.25, -0.2) is 0 Å². The lowest BCUT2D eigenvalue weighted by Crippen LogP contribution is -2.54. The number of nitro groups is 1. The third kappa shape index (κ3) is 2.63. The summed E-state index contributed by atoms with van der Waals surface area (Å²) in [6, 6.07) is 24.8. The van der Waals surface area contributed by atoms with E-state index in [0.717, 1.165) is 39.9 Å². The first-order chi connectivity index (χ1) is 15.6. The summed E-state index contributed by atoms with van der Waals surface area (Å²) >= 11 is 0. The molecule has 3 aromatic carbocycles. The van der Waals surface area contributed by atoms with Gasteiger partial charge in [0.05, 0.1) is 5.92 Å². The van der Waals surface area contributed by atoms with E-state index in [4.69, 9.17) is 4.74 Å². The van der Waals surface area contributed by atoms with Crippen molar-refractivity contribution in [2.45, 2.75) is 37.8 Å². The Morgan fingerprint density at radius 1 is 1.09 bits per heavy atom. The van der Waals surface area contributed by atoms with Crippen LogP contribution >= 0.6 is 0 Å². The van der Waals surface area contributed by atoms with Crippen LogP contribution in [0.1, 0.15) is 40.3 Å². The number of benzene rings is 3. The van der Waals surface area contributed by atoms with Gasteiger partial charge in [0.1, 0.15) is 5.75 Å². The number of ether oxygens (including phenoxy) is 1. The van der Waals surface area contributed by atoms with Gasteiger partial charge < -0.3 is 9.30 Å². The maximum Gasteiger partial charge on any atom is 0.266 e. The molecule has 0 amide bonds. The number of rotatable bonds is 3. The van der Waals surface area contributed by atoms with Gasteiger partial charge in [0.15, 0.2) is 6.61 Å². The molecule has 1 aliphatic heterocycles. The largest absolute Gasteiger partial charge is 0.486 e. The average molecular weight is 425 g/mol. The van der Waals surface area contributed by atoms with Crippen LogP contribution in [0.15, 0.2) is 72.8 Å². The summed E-state index contributed by atoms with van der Waals surface area (Å²) in [5.74, 6) is 0.442. The third-order valence-electron chi connectivity index (χ3n) is 7.24. The van der Waals surface area contributed by atoms with Crippen molar-refractivity contribution in [2.75, 3.05) is 6.61 Å². The van der Waals surface area contributed by atoms with Gasteiger partial charge in [-0.3, -0.25) is 10.1 Å². The molecule has 2 heterocycles. The van der Waals surface area contributed by atoms with E-state index in [1.165, 1.54) is 11.3 Å². The number of aromatic nitrogens is 1. The van der Waals surface area contributed by atoms with Crippen molar-refractivity contribution in [3.05, 3.63) is 111 Å². The van der Waals surface area contributed by atoms with Gasteiger partial charge >= 0.3 is 0 Å². The Morgan fingerprint density at radius 3 is 2.69 bits per heavy atom. The maximum absolute atomic E-state index is 12.6. The lowest BCUT2D eigenvalue weighted by atomic mass is 9.67. The van der Waals surface area contributed by atoms with Crippen LogP contribution in [-0.4, -0.2) is 21.6 Å². The molecular formula is C27H24N2O3. The number of aryl methyl sites for hydroxylation is 1. The smallest absolute Gasteiger partial charge is 0.266 e. The molecule has 0 spiro atoms. The van der Waals surface area contributed by atoms with Crippen molar-refractivity contribution in [2.24, 2.45) is 0 Å². The molecule has 0 saturated carbocycles. The summed E-state index contributed by atoms with van der Waals surface area (Å²) in [6.45, 7) is 2.90. The molecule has 160 valence electrons. The molecule has 6 rings (SSSR count). The number of nitrogens with zero attached hydrogens (tertiary/aromatic N) is 2. The molecule has 5 heteroatoms. The molecule has 0 bridgehead atoms. The number of hydrogen-bond acceptors (Lipinski definition) is 3. The monoisotopic (exact) mass is 424 g/mol. The van der Waals surface area contributed by atoms with E-state index < -0.39 is 5.54 Å². The predicted molar refractivity (Wildman–Crippen MR) is 124 cm³/mol. The lowest BCUT2D eigenvalue weighted by molar-refractivity contribution is -0.579. The zero-order valence-electron chi connectivity index (χ0n) is 18.0. The van der Waals surface area contributed by atoms with Crippen LogP contribution in [0.25, 0.3) is 10.9 Å². The van der Waals surface area contributed by atoms with Gasteiger partial charge in [0.25, 0.3) is 5.54 Å². The molecule has 0 N–H and O–H groups in total. The number of fused-ring (bicyclic) bond motifs is 7. The van der Waals surface area contributed by atoms with E-state index in [9.17, 15) is 10.1 Å². The summed E-state index contributed by atoms with van der Waals surface area (Å²) < 4.78 is 8.36. The second-order valence-electron chi connectivity index (χ2n) is 9.07. The fourth-order valence-corrected chi connectivity index (χ4v) is 5.75. The van der Waals surface area contributed by atoms with Gasteiger partial charge in [-0.05, 0) is 36.6 Å². The molecule has 4 aromatic rings. The molecule has 5 nitrogen and oxygen atoms in total. The quantitative estimate of drug-likeness (QED) is 0.323. The Hall–Kier alpha value is -3.60. The molecular weight excluding hydrogens is 400 g/mol. The highest BCUT2D eigenvalue weighted by atomic mass is 16.6. The van der Waals surface area contributed by atoms with Crippen molar-refractivity contribution < 1.29 is 9.66 Å². The van der Waals surface area contributed by atoms with E-state index in [1.54, 1.807) is 0 Å². The average Bonchev–Trinajstić information content (AvgIpc) is 3.13. The standard InChI is InChI=1S/C27H24N2O3/c1-18-11-12-24-21(15-18)26-25-20-9-5-6-10-22(20)28(16-19-7-3-2-4-8-19)23(25)13-14-27(26,17-32-24)29(30)31/h2-12,15,26H,13-14,16-17H2,1H3/t26-,27+/m0/s1. The zero-order valence-corrected chi connectivity index (χ0v) is 18.0. The molecule has 32 heavy (non-hydrogen) atoms. The Morgan fingerprint density at radius 2 is 1.88 bits per heavy atom. The molecule has 1 aromatic heterocycles. The van der Waals surface area contributed by atoms with Crippen LogP contribution in [0.5, 0.6) is 5.75 Å². The predicted octanol–water partition coefficient (Wildman–Crippen LogP) is 5.48. The second kappa shape index (κ2) is 6.95. The highest BCUT2D eigenvalue weighted by Crippen LogP contribution is 2.53. The Balaban J connectivity index is 1.64. The minimum Gasteiger partial charge on any atom is -0.486 e. The Labute approximate surface area is 186 Å². The van der Waals surface area contributed by atoms with Gasteiger partial charge in [0.2, 0.25) is 0 Å². The summed E-state index contributed by atoms with van der Waals surface area (Å²) in [7, 11) is 0. The highest BCUT2D eigenvalue weighted by Gasteiger charge is 2.59. The van der Waals surface area contributed by atoms with Crippen LogP contribution in [0, 0.1) is 17.0 Å². The van der Waals surface area contributed by atoms with Crippen molar-refractivity contribution >= 4 is 10.9 Å². The minimum absolute atomic E-state index is 0.0742. The first kappa shape index (κ1) is 19.1. The fraction of sp³-hybridized carbons (Fsp3) is 0.259. The molecule has 2 aliphatic rings.